The van der Waals surface area contributed by atoms with Crippen LogP contribution < -0.4 is 20.1 Å². The number of rotatable bonds is 9. The number of amides is 4. The van der Waals surface area contributed by atoms with Crippen molar-refractivity contribution >= 4 is 23.8 Å². The Morgan fingerprint density at radius 1 is 1.09 bits per heavy atom. The summed E-state index contributed by atoms with van der Waals surface area (Å²) < 4.78 is 21.7. The quantitative estimate of drug-likeness (QED) is 0.498. The van der Waals surface area contributed by atoms with Crippen molar-refractivity contribution in [3.05, 3.63) is 23.8 Å². The first-order valence-corrected chi connectivity index (χ1v) is 11.9. The first kappa shape index (κ1) is 26.3. The third kappa shape index (κ3) is 7.84. The summed E-state index contributed by atoms with van der Waals surface area (Å²) in [6.45, 7) is 5.30. The molecule has 11 nitrogen and oxygen atoms in total. The van der Waals surface area contributed by atoms with Crippen LogP contribution in [0.1, 0.15) is 49.9 Å². The van der Waals surface area contributed by atoms with Crippen LogP contribution in [0.25, 0.3) is 0 Å². The standard InChI is InChI=1S/C24H33N3O8/c1-3-33-20-14-17(8-9-19(20)34-15-21(28)27-10-12-32-13-11-27)23(30)35-16(2)22(29)26-24(31)25-18-6-4-5-7-18/h8-9,14,16,18H,3-7,10-13,15H2,1-2H3,(H2,25,26,29,31). The minimum atomic E-state index is -1.19. The Labute approximate surface area is 204 Å². The van der Waals surface area contributed by atoms with E-state index in [1.165, 1.54) is 25.1 Å². The fraction of sp³-hybridized carbons (Fsp3) is 0.583. The first-order chi connectivity index (χ1) is 16.9. The number of hydrogen-bond donors (Lipinski definition) is 2. The summed E-state index contributed by atoms with van der Waals surface area (Å²) in [4.78, 5) is 50.8. The van der Waals surface area contributed by atoms with Gasteiger partial charge in [0.1, 0.15) is 0 Å². The Morgan fingerprint density at radius 3 is 2.49 bits per heavy atom. The van der Waals surface area contributed by atoms with Crippen molar-refractivity contribution in [2.45, 2.75) is 51.7 Å². The minimum Gasteiger partial charge on any atom is -0.490 e. The number of carbonyl (C=O) groups excluding carboxylic acids is 4. The predicted molar refractivity (Wildman–Crippen MR) is 124 cm³/mol. The summed E-state index contributed by atoms with van der Waals surface area (Å²) >= 11 is 0. The molecule has 0 radical (unpaired) electrons. The molecule has 0 bridgehead atoms. The van der Waals surface area contributed by atoms with Gasteiger partial charge in [0.2, 0.25) is 0 Å². The summed E-state index contributed by atoms with van der Waals surface area (Å²) in [5.74, 6) is -1.08. The molecule has 1 aromatic rings. The van der Waals surface area contributed by atoms with Crippen LogP contribution in [0.2, 0.25) is 0 Å². The maximum atomic E-state index is 12.6. The smallest absolute Gasteiger partial charge is 0.339 e. The number of nitrogens with zero attached hydrogens (tertiary/aromatic N) is 1. The molecule has 2 aliphatic rings. The fourth-order valence-corrected chi connectivity index (χ4v) is 3.85. The van der Waals surface area contributed by atoms with Gasteiger partial charge in [0, 0.05) is 19.1 Å². The van der Waals surface area contributed by atoms with E-state index in [1.807, 2.05) is 0 Å². The summed E-state index contributed by atoms with van der Waals surface area (Å²) in [5, 5.41) is 4.95. The average molecular weight is 492 g/mol. The van der Waals surface area contributed by atoms with E-state index in [2.05, 4.69) is 10.6 Å². The van der Waals surface area contributed by atoms with Gasteiger partial charge in [0.15, 0.2) is 24.2 Å². The number of nitrogens with one attached hydrogen (secondary N) is 2. The molecule has 1 aliphatic carbocycles. The highest BCUT2D eigenvalue weighted by molar-refractivity contribution is 5.98. The van der Waals surface area contributed by atoms with E-state index in [1.54, 1.807) is 11.8 Å². The number of hydrogen-bond acceptors (Lipinski definition) is 8. The number of carbonyl (C=O) groups is 4. The van der Waals surface area contributed by atoms with Crippen LogP contribution in [-0.4, -0.2) is 80.4 Å². The van der Waals surface area contributed by atoms with Crippen LogP contribution in [0.3, 0.4) is 0 Å². The number of urea groups is 1. The van der Waals surface area contributed by atoms with E-state index >= 15 is 0 Å². The van der Waals surface area contributed by atoms with Gasteiger partial charge in [-0.15, -0.1) is 0 Å². The third-order valence-corrected chi connectivity index (χ3v) is 5.77. The van der Waals surface area contributed by atoms with E-state index in [9.17, 15) is 19.2 Å². The molecule has 0 aromatic heterocycles. The van der Waals surface area contributed by atoms with Gasteiger partial charge in [-0.3, -0.25) is 14.9 Å². The Morgan fingerprint density at radius 2 is 1.80 bits per heavy atom. The van der Waals surface area contributed by atoms with E-state index < -0.39 is 24.0 Å². The lowest BCUT2D eigenvalue weighted by atomic mass is 10.2. The minimum absolute atomic E-state index is 0.0579. The molecule has 2 fully saturated rings. The second-order valence-corrected chi connectivity index (χ2v) is 8.37. The van der Waals surface area contributed by atoms with Gasteiger partial charge in [-0.2, -0.15) is 0 Å². The van der Waals surface area contributed by atoms with Gasteiger partial charge in [0.25, 0.3) is 11.8 Å². The second kappa shape index (κ2) is 12.9. The van der Waals surface area contributed by atoms with Crippen LogP contribution in [0.5, 0.6) is 11.5 Å². The molecular weight excluding hydrogens is 458 g/mol. The highest BCUT2D eigenvalue weighted by Gasteiger charge is 2.24. The van der Waals surface area contributed by atoms with Gasteiger partial charge in [0.05, 0.1) is 25.4 Å². The maximum Gasteiger partial charge on any atom is 0.339 e. The molecule has 1 atom stereocenters. The molecule has 1 saturated carbocycles. The summed E-state index contributed by atoms with van der Waals surface area (Å²) in [6.07, 6.45) is 2.68. The van der Waals surface area contributed by atoms with Crippen molar-refractivity contribution in [2.24, 2.45) is 0 Å². The van der Waals surface area contributed by atoms with Crippen molar-refractivity contribution in [2.75, 3.05) is 39.5 Å². The molecule has 1 aliphatic heterocycles. The Hall–Kier alpha value is -3.34. The van der Waals surface area contributed by atoms with Gasteiger partial charge in [-0.05, 0) is 44.9 Å². The molecule has 3 rings (SSSR count). The Kier molecular flexibility index (Phi) is 9.71. The fourth-order valence-electron chi connectivity index (χ4n) is 3.85. The molecule has 11 heteroatoms. The van der Waals surface area contributed by atoms with Crippen molar-refractivity contribution < 1.29 is 38.1 Å². The van der Waals surface area contributed by atoms with Gasteiger partial charge in [-0.25, -0.2) is 9.59 Å². The maximum absolute atomic E-state index is 12.6. The number of imide groups is 1. The van der Waals surface area contributed by atoms with Crippen LogP contribution in [0.15, 0.2) is 18.2 Å². The number of esters is 1. The lowest BCUT2D eigenvalue weighted by molar-refractivity contribution is -0.137. The van der Waals surface area contributed by atoms with Crippen LogP contribution in [0, 0.1) is 0 Å². The number of ether oxygens (including phenoxy) is 4. The number of benzene rings is 1. The lowest BCUT2D eigenvalue weighted by Gasteiger charge is -2.26. The normalized spacial score (nSPS) is 16.8. The molecule has 35 heavy (non-hydrogen) atoms. The SMILES string of the molecule is CCOc1cc(C(=O)OC(C)C(=O)NC(=O)NC2CCCC2)ccc1OCC(=O)N1CCOCC1. The third-order valence-electron chi connectivity index (χ3n) is 5.77. The summed E-state index contributed by atoms with van der Waals surface area (Å²) in [6, 6.07) is 3.85. The monoisotopic (exact) mass is 491 g/mol. The molecular formula is C24H33N3O8. The van der Waals surface area contributed by atoms with Gasteiger partial charge >= 0.3 is 12.0 Å². The van der Waals surface area contributed by atoms with E-state index in [-0.39, 0.29) is 29.9 Å². The van der Waals surface area contributed by atoms with Crippen LogP contribution in [0.4, 0.5) is 4.79 Å². The predicted octanol–water partition coefficient (Wildman–Crippen LogP) is 1.64. The highest BCUT2D eigenvalue weighted by Crippen LogP contribution is 2.29. The second-order valence-electron chi connectivity index (χ2n) is 8.37. The zero-order valence-electron chi connectivity index (χ0n) is 20.2. The van der Waals surface area contributed by atoms with Crippen molar-refractivity contribution in [3.63, 3.8) is 0 Å². The molecule has 0 spiro atoms. The largest absolute Gasteiger partial charge is 0.490 e. The molecule has 2 N–H and O–H groups in total. The number of morpholine rings is 1. The van der Waals surface area contributed by atoms with Gasteiger partial charge in [-0.1, -0.05) is 12.8 Å². The zero-order valence-corrected chi connectivity index (χ0v) is 20.2. The van der Waals surface area contributed by atoms with Crippen molar-refractivity contribution in [1.82, 2.24) is 15.5 Å². The summed E-state index contributed by atoms with van der Waals surface area (Å²) in [7, 11) is 0. The van der Waals surface area contributed by atoms with Crippen LogP contribution >= 0.6 is 0 Å². The van der Waals surface area contributed by atoms with E-state index in [0.717, 1.165) is 25.7 Å². The van der Waals surface area contributed by atoms with Crippen molar-refractivity contribution in [3.8, 4) is 11.5 Å². The molecule has 1 saturated heterocycles. The van der Waals surface area contributed by atoms with Crippen LogP contribution in [-0.2, 0) is 19.1 Å². The highest BCUT2D eigenvalue weighted by atomic mass is 16.5. The molecule has 192 valence electrons. The Balaban J connectivity index is 1.54. The van der Waals surface area contributed by atoms with E-state index in [0.29, 0.717) is 38.7 Å². The molecule has 4 amide bonds. The molecule has 1 heterocycles. The van der Waals surface area contributed by atoms with Gasteiger partial charge < -0.3 is 29.2 Å². The molecule has 1 unspecified atom stereocenters. The zero-order chi connectivity index (χ0) is 25.2. The van der Waals surface area contributed by atoms with Crippen molar-refractivity contribution in [1.29, 1.82) is 0 Å². The lowest BCUT2D eigenvalue weighted by Crippen LogP contribution is -2.47. The first-order valence-electron chi connectivity index (χ1n) is 11.9. The topological polar surface area (TPSA) is 132 Å². The average Bonchev–Trinajstić information content (AvgIpc) is 3.36. The Bertz CT molecular complexity index is 910. The van der Waals surface area contributed by atoms with E-state index in [4.69, 9.17) is 18.9 Å². The molecule has 1 aromatic carbocycles. The summed E-state index contributed by atoms with van der Waals surface area (Å²) in [5.41, 5.74) is 0.135.